The maximum Gasteiger partial charge on any atom is 0.255 e. The maximum atomic E-state index is 15.9. The van der Waals surface area contributed by atoms with Crippen LogP contribution in [0, 0.1) is 17.7 Å². The van der Waals surface area contributed by atoms with Gasteiger partial charge >= 0.3 is 0 Å². The van der Waals surface area contributed by atoms with Crippen LogP contribution in [-0.4, -0.2) is 89.0 Å². The summed E-state index contributed by atoms with van der Waals surface area (Å²) in [6.07, 6.45) is 0.832. The van der Waals surface area contributed by atoms with Gasteiger partial charge < -0.3 is 30.7 Å². The summed E-state index contributed by atoms with van der Waals surface area (Å²) in [6.45, 7) is 3.05. The lowest BCUT2D eigenvalue weighted by atomic mass is 9.58. The average Bonchev–Trinajstić information content (AvgIpc) is 2.83. The molecule has 4 rings (SSSR count). The van der Waals surface area contributed by atoms with Crippen molar-refractivity contribution in [1.29, 1.82) is 0 Å². The molecule has 0 spiro atoms. The molecule has 1 aromatic rings. The van der Waals surface area contributed by atoms with Crippen LogP contribution in [0.4, 0.5) is 4.39 Å². The smallest absolute Gasteiger partial charge is 0.255 e. The Morgan fingerprint density at radius 1 is 1.26 bits per heavy atom. The highest BCUT2D eigenvalue weighted by Gasteiger charge is 2.63. The number of nitrogens with two attached hydrogens (primary N) is 1. The summed E-state index contributed by atoms with van der Waals surface area (Å²) in [5.41, 5.74) is 2.02. The van der Waals surface area contributed by atoms with Crippen LogP contribution in [0.2, 0.25) is 0 Å². The molecule has 3 aliphatic carbocycles. The quantitative estimate of drug-likeness (QED) is 0.382. The number of amides is 1. The Morgan fingerprint density at radius 2 is 1.92 bits per heavy atom. The largest absolute Gasteiger partial charge is 0.510 e. The van der Waals surface area contributed by atoms with Crippen molar-refractivity contribution < 1.29 is 38.8 Å². The maximum absolute atomic E-state index is 15.9. The first-order chi connectivity index (χ1) is 17.8. The molecule has 0 aromatic heterocycles. The molecule has 0 radical (unpaired) electrons. The number of ether oxygens (including phenoxy) is 1. The van der Waals surface area contributed by atoms with Gasteiger partial charge in [0.2, 0.25) is 5.78 Å². The van der Waals surface area contributed by atoms with Crippen molar-refractivity contribution in [2.24, 2.45) is 17.6 Å². The zero-order valence-corrected chi connectivity index (χ0v) is 22.2. The van der Waals surface area contributed by atoms with Crippen LogP contribution < -0.4 is 10.5 Å². The predicted molar refractivity (Wildman–Crippen MR) is 135 cm³/mol. The summed E-state index contributed by atoms with van der Waals surface area (Å²) in [4.78, 5) is 42.6. The van der Waals surface area contributed by atoms with Gasteiger partial charge in [-0.25, -0.2) is 4.39 Å². The second-order valence-electron chi connectivity index (χ2n) is 10.6. The fourth-order valence-corrected chi connectivity index (χ4v) is 6.36. The molecule has 0 fully saturated rings. The van der Waals surface area contributed by atoms with Gasteiger partial charge in [-0.2, -0.15) is 0 Å². The number of methoxy groups -OCH3 is 1. The van der Waals surface area contributed by atoms with Gasteiger partial charge in [0.25, 0.3) is 5.91 Å². The Bertz CT molecular complexity index is 1290. The summed E-state index contributed by atoms with van der Waals surface area (Å²) in [5, 5.41) is 33.8. The molecule has 1 amide bonds. The molecule has 4 atom stereocenters. The summed E-state index contributed by atoms with van der Waals surface area (Å²) in [7, 11) is 6.35. The molecule has 11 heteroatoms. The third-order valence-electron chi connectivity index (χ3n) is 7.98. The van der Waals surface area contributed by atoms with E-state index in [1.165, 1.54) is 18.1 Å². The number of benzene rings is 1. The number of fused-ring (bicyclic) bond motifs is 3. The van der Waals surface area contributed by atoms with E-state index in [2.05, 4.69) is 0 Å². The standard InChI is InChI=1S/C27H34FN3O7/c1-6-7-31(4)11-13-10-16(38-5)18-14(20(13)28)8-12-9-15-21(30(2)3)23(33)19(26(29)36)25(35)27(15,37)24(34)17(12)22(18)32/h10,12,15,21,33-34,37H,6-9,11H2,1-5H3,(H2,29,36)/t12-,15-,21-,27-/m0/s1. The number of allylic oxidation sites excluding steroid dienone is 1. The molecule has 0 saturated heterocycles. The fourth-order valence-electron chi connectivity index (χ4n) is 6.36. The molecule has 206 valence electrons. The minimum atomic E-state index is -2.68. The lowest BCUT2D eigenvalue weighted by Gasteiger charge is -2.50. The molecule has 0 aliphatic heterocycles. The van der Waals surface area contributed by atoms with Crippen molar-refractivity contribution in [3.05, 3.63) is 51.2 Å². The zero-order chi connectivity index (χ0) is 28.3. The Kier molecular flexibility index (Phi) is 7.15. The van der Waals surface area contributed by atoms with E-state index < -0.39 is 63.9 Å². The highest BCUT2D eigenvalue weighted by Crippen LogP contribution is 2.52. The number of hydrogen-bond acceptors (Lipinski definition) is 9. The minimum Gasteiger partial charge on any atom is -0.510 e. The molecule has 10 nitrogen and oxygen atoms in total. The molecule has 0 bridgehead atoms. The first kappa shape index (κ1) is 27.7. The van der Waals surface area contributed by atoms with Crippen LogP contribution in [-0.2, 0) is 22.6 Å². The Balaban J connectivity index is 1.91. The van der Waals surface area contributed by atoms with Crippen LogP contribution in [0.3, 0.4) is 0 Å². The molecule has 0 heterocycles. The van der Waals surface area contributed by atoms with E-state index in [-0.39, 0.29) is 35.3 Å². The van der Waals surface area contributed by atoms with Gasteiger partial charge in [-0.3, -0.25) is 19.3 Å². The molecule has 5 N–H and O–H groups in total. The van der Waals surface area contributed by atoms with E-state index in [4.69, 9.17) is 10.5 Å². The SMILES string of the molecule is CCCN(C)Cc1cc(OC)c2c(c1F)C[C@H]1C[C@H]3[C@H](N(C)C)C(O)=C(C(N)=O)C(=O)[C@@]3(O)C(O)=C1C2=O. The number of primary amides is 1. The topological polar surface area (TPSA) is 154 Å². The lowest BCUT2D eigenvalue weighted by Crippen LogP contribution is -2.63. The third kappa shape index (κ3) is 3.91. The third-order valence-corrected chi connectivity index (χ3v) is 7.98. The Labute approximate surface area is 220 Å². The molecule has 3 aliphatic rings. The van der Waals surface area contributed by atoms with Gasteiger partial charge in [0, 0.05) is 29.2 Å². The van der Waals surface area contributed by atoms with Crippen LogP contribution >= 0.6 is 0 Å². The average molecular weight is 532 g/mol. The van der Waals surface area contributed by atoms with Gasteiger partial charge in [-0.05, 0) is 58.9 Å². The predicted octanol–water partition coefficient (Wildman–Crippen LogP) is 1.40. The van der Waals surface area contributed by atoms with E-state index in [0.717, 1.165) is 13.0 Å². The highest BCUT2D eigenvalue weighted by molar-refractivity contribution is 6.24. The zero-order valence-electron chi connectivity index (χ0n) is 22.2. The van der Waals surface area contributed by atoms with Crippen molar-refractivity contribution in [3.8, 4) is 5.75 Å². The summed E-state index contributed by atoms with van der Waals surface area (Å²) in [5.74, 6) is -7.16. The van der Waals surface area contributed by atoms with Crippen molar-refractivity contribution in [3.63, 3.8) is 0 Å². The molecule has 0 unspecified atom stereocenters. The number of ketones is 2. The number of nitrogens with zero attached hydrogens (tertiary/aromatic N) is 2. The van der Waals surface area contributed by atoms with E-state index >= 15 is 4.39 Å². The number of Topliss-reactive ketones (excluding diaryl/α,β-unsaturated/α-hetero) is 2. The van der Waals surface area contributed by atoms with E-state index in [1.54, 1.807) is 14.1 Å². The van der Waals surface area contributed by atoms with Gasteiger partial charge in [0.1, 0.15) is 28.7 Å². The molecule has 0 saturated carbocycles. The summed E-state index contributed by atoms with van der Waals surface area (Å²) >= 11 is 0. The van der Waals surface area contributed by atoms with Crippen LogP contribution in [0.5, 0.6) is 5.75 Å². The Hall–Kier alpha value is -3.28. The highest BCUT2D eigenvalue weighted by atomic mass is 19.1. The summed E-state index contributed by atoms with van der Waals surface area (Å²) < 4.78 is 21.3. The number of rotatable bonds is 7. The van der Waals surface area contributed by atoms with E-state index in [0.29, 0.717) is 12.1 Å². The van der Waals surface area contributed by atoms with Crippen molar-refractivity contribution in [1.82, 2.24) is 9.80 Å². The van der Waals surface area contributed by atoms with Gasteiger partial charge in [-0.1, -0.05) is 6.92 Å². The van der Waals surface area contributed by atoms with Crippen molar-refractivity contribution in [2.45, 2.75) is 44.4 Å². The number of aliphatic hydroxyl groups excluding tert-OH is 2. The van der Waals surface area contributed by atoms with Gasteiger partial charge in [0.15, 0.2) is 11.4 Å². The second-order valence-corrected chi connectivity index (χ2v) is 10.6. The molecule has 1 aromatic carbocycles. The number of carbonyl (C=O) groups is 3. The molecule has 38 heavy (non-hydrogen) atoms. The van der Waals surface area contributed by atoms with Crippen LogP contribution in [0.15, 0.2) is 28.7 Å². The number of aliphatic hydroxyl groups is 3. The van der Waals surface area contributed by atoms with Crippen molar-refractivity contribution in [2.75, 3.05) is 34.8 Å². The molecular weight excluding hydrogens is 497 g/mol. The summed E-state index contributed by atoms with van der Waals surface area (Å²) in [6, 6.07) is 0.379. The Morgan fingerprint density at radius 3 is 2.47 bits per heavy atom. The van der Waals surface area contributed by atoms with Crippen LogP contribution in [0.1, 0.15) is 41.3 Å². The number of hydrogen-bond donors (Lipinski definition) is 4. The first-order valence-corrected chi connectivity index (χ1v) is 12.5. The fraction of sp³-hybridized carbons (Fsp3) is 0.519. The number of carbonyl (C=O) groups excluding carboxylic acids is 3. The minimum absolute atomic E-state index is 0.00205. The van der Waals surface area contributed by atoms with Crippen molar-refractivity contribution >= 4 is 17.5 Å². The lowest BCUT2D eigenvalue weighted by molar-refractivity contribution is -0.148. The monoisotopic (exact) mass is 531 g/mol. The van der Waals surface area contributed by atoms with Crippen LogP contribution in [0.25, 0.3) is 0 Å². The second kappa shape index (κ2) is 9.79. The number of likely N-dealkylation sites (N-methyl/N-ethyl adjacent to an activating group) is 1. The first-order valence-electron chi connectivity index (χ1n) is 12.5. The number of halogens is 1. The van der Waals surface area contributed by atoms with Gasteiger partial charge in [0.05, 0.1) is 18.7 Å². The molecular formula is C27H34FN3O7. The van der Waals surface area contributed by atoms with E-state index in [9.17, 15) is 29.7 Å². The van der Waals surface area contributed by atoms with Gasteiger partial charge in [-0.15, -0.1) is 0 Å². The normalized spacial score (nSPS) is 27.0. The van der Waals surface area contributed by atoms with E-state index in [1.807, 2.05) is 18.9 Å².